The molecule has 18 heavy (non-hydrogen) atoms. The minimum absolute atomic E-state index is 0.0787. The molecule has 0 aromatic rings. The predicted octanol–water partition coefficient (Wildman–Crippen LogP) is 1.98. The molecule has 108 valence electrons. The van der Waals surface area contributed by atoms with Crippen LogP contribution in [0.3, 0.4) is 0 Å². The van der Waals surface area contributed by atoms with Crippen LogP contribution in [0.5, 0.6) is 0 Å². The average Bonchev–Trinajstić information content (AvgIpc) is 2.76. The van der Waals surface area contributed by atoms with E-state index in [9.17, 15) is 0 Å². The smallest absolute Gasteiger partial charge is 0.0707 e. The van der Waals surface area contributed by atoms with E-state index in [0.717, 1.165) is 19.7 Å². The molecule has 1 rings (SSSR count). The third-order valence-electron chi connectivity index (χ3n) is 2.85. The summed E-state index contributed by atoms with van der Waals surface area (Å²) in [5, 5.41) is 3.39. The van der Waals surface area contributed by atoms with Gasteiger partial charge in [-0.25, -0.2) is 0 Å². The first-order valence-corrected chi connectivity index (χ1v) is 7.05. The molecule has 0 radical (unpaired) electrons. The molecular formula is C14H29NO3. The molecule has 1 saturated heterocycles. The number of hydrogen-bond acceptors (Lipinski definition) is 4. The van der Waals surface area contributed by atoms with Crippen LogP contribution in [0.25, 0.3) is 0 Å². The van der Waals surface area contributed by atoms with Crippen molar-refractivity contribution < 1.29 is 14.2 Å². The van der Waals surface area contributed by atoms with Crippen molar-refractivity contribution in [1.29, 1.82) is 0 Å². The third kappa shape index (κ3) is 8.03. The molecular weight excluding hydrogens is 230 g/mol. The van der Waals surface area contributed by atoms with Crippen molar-refractivity contribution in [3.63, 3.8) is 0 Å². The molecule has 0 bridgehead atoms. The second-order valence-corrected chi connectivity index (χ2v) is 5.94. The van der Waals surface area contributed by atoms with Gasteiger partial charge >= 0.3 is 0 Å². The van der Waals surface area contributed by atoms with Gasteiger partial charge in [-0.15, -0.1) is 0 Å². The Morgan fingerprint density at radius 2 is 2.11 bits per heavy atom. The second-order valence-electron chi connectivity index (χ2n) is 5.94. The maximum absolute atomic E-state index is 5.67. The lowest BCUT2D eigenvalue weighted by molar-refractivity contribution is -0.0482. The summed E-state index contributed by atoms with van der Waals surface area (Å²) >= 11 is 0. The van der Waals surface area contributed by atoms with E-state index in [1.807, 2.05) is 0 Å². The monoisotopic (exact) mass is 259 g/mol. The molecule has 0 aromatic heterocycles. The normalized spacial score (nSPS) is 22.3. The summed E-state index contributed by atoms with van der Waals surface area (Å²) < 4.78 is 16.8. The summed E-state index contributed by atoms with van der Waals surface area (Å²) in [4.78, 5) is 0. The zero-order valence-electron chi connectivity index (χ0n) is 12.3. The molecule has 4 heteroatoms. The fourth-order valence-corrected chi connectivity index (χ4v) is 1.91. The van der Waals surface area contributed by atoms with Gasteiger partial charge in [-0.2, -0.15) is 0 Å². The van der Waals surface area contributed by atoms with Crippen LogP contribution in [-0.2, 0) is 14.2 Å². The van der Waals surface area contributed by atoms with Gasteiger partial charge in [-0.3, -0.25) is 0 Å². The number of rotatable bonds is 8. The van der Waals surface area contributed by atoms with E-state index in [-0.39, 0.29) is 11.7 Å². The largest absolute Gasteiger partial charge is 0.377 e. The molecule has 1 aliphatic rings. The molecule has 2 unspecified atom stereocenters. The lowest BCUT2D eigenvalue weighted by Gasteiger charge is -2.21. The summed E-state index contributed by atoms with van der Waals surface area (Å²) in [7, 11) is 0. The van der Waals surface area contributed by atoms with Gasteiger partial charge in [0.25, 0.3) is 0 Å². The predicted molar refractivity (Wildman–Crippen MR) is 73.0 cm³/mol. The van der Waals surface area contributed by atoms with Crippen molar-refractivity contribution in [2.45, 2.75) is 58.3 Å². The Bertz CT molecular complexity index is 210. The third-order valence-corrected chi connectivity index (χ3v) is 2.85. The molecule has 2 atom stereocenters. The number of hydrogen-bond donors (Lipinski definition) is 1. The van der Waals surface area contributed by atoms with Gasteiger partial charge in [0.05, 0.1) is 31.0 Å². The topological polar surface area (TPSA) is 39.7 Å². The van der Waals surface area contributed by atoms with Crippen LogP contribution >= 0.6 is 0 Å². The van der Waals surface area contributed by atoms with Gasteiger partial charge in [0.2, 0.25) is 0 Å². The van der Waals surface area contributed by atoms with E-state index in [1.165, 1.54) is 12.8 Å². The first kappa shape index (κ1) is 15.9. The van der Waals surface area contributed by atoms with Gasteiger partial charge in [0.15, 0.2) is 0 Å². The van der Waals surface area contributed by atoms with Crippen LogP contribution in [0, 0.1) is 0 Å². The molecule has 1 heterocycles. The zero-order valence-corrected chi connectivity index (χ0v) is 12.3. The van der Waals surface area contributed by atoms with Crippen LogP contribution in [0.2, 0.25) is 0 Å². The van der Waals surface area contributed by atoms with Crippen molar-refractivity contribution in [3.8, 4) is 0 Å². The fraction of sp³-hybridized carbons (Fsp3) is 1.00. The summed E-state index contributed by atoms with van der Waals surface area (Å²) in [6.07, 6.45) is 3.00. The van der Waals surface area contributed by atoms with Gasteiger partial charge in [-0.1, -0.05) is 0 Å². The first-order valence-electron chi connectivity index (χ1n) is 7.05. The first-order chi connectivity index (χ1) is 8.47. The standard InChI is InChI=1S/C14H29NO3/c1-12(16-8-9-18-14(2,3)4)10-15-11-13-6-5-7-17-13/h12-13,15H,5-11H2,1-4H3. The van der Waals surface area contributed by atoms with Crippen molar-refractivity contribution in [1.82, 2.24) is 5.32 Å². The Balaban J connectivity index is 1.91. The highest BCUT2D eigenvalue weighted by Crippen LogP contribution is 2.10. The molecule has 1 fully saturated rings. The van der Waals surface area contributed by atoms with Crippen LogP contribution in [-0.4, -0.2) is 50.7 Å². The maximum Gasteiger partial charge on any atom is 0.0707 e. The van der Waals surface area contributed by atoms with E-state index >= 15 is 0 Å². The van der Waals surface area contributed by atoms with Gasteiger partial charge < -0.3 is 19.5 Å². The Morgan fingerprint density at radius 1 is 1.33 bits per heavy atom. The summed E-state index contributed by atoms with van der Waals surface area (Å²) in [5.74, 6) is 0. The quantitative estimate of drug-likeness (QED) is 0.677. The molecule has 0 saturated carbocycles. The van der Waals surface area contributed by atoms with E-state index in [1.54, 1.807) is 0 Å². The Morgan fingerprint density at radius 3 is 2.72 bits per heavy atom. The summed E-state index contributed by atoms with van der Waals surface area (Å²) in [5.41, 5.74) is -0.0787. The molecule has 1 N–H and O–H groups in total. The van der Waals surface area contributed by atoms with Gasteiger partial charge in [-0.05, 0) is 40.5 Å². The SMILES string of the molecule is CC(CNCC1CCCO1)OCCOC(C)(C)C. The van der Waals surface area contributed by atoms with Crippen LogP contribution in [0.4, 0.5) is 0 Å². The van der Waals surface area contributed by atoms with Crippen molar-refractivity contribution in [2.24, 2.45) is 0 Å². The molecule has 0 aromatic carbocycles. The van der Waals surface area contributed by atoms with Gasteiger partial charge in [0, 0.05) is 19.7 Å². The molecule has 0 spiro atoms. The molecule has 0 amide bonds. The van der Waals surface area contributed by atoms with E-state index < -0.39 is 0 Å². The average molecular weight is 259 g/mol. The van der Waals surface area contributed by atoms with Crippen molar-refractivity contribution in [3.05, 3.63) is 0 Å². The van der Waals surface area contributed by atoms with Crippen molar-refractivity contribution >= 4 is 0 Å². The van der Waals surface area contributed by atoms with Crippen LogP contribution in [0.1, 0.15) is 40.5 Å². The minimum Gasteiger partial charge on any atom is -0.377 e. The minimum atomic E-state index is -0.0787. The highest BCUT2D eigenvalue weighted by Gasteiger charge is 2.15. The lowest BCUT2D eigenvalue weighted by atomic mass is 10.2. The Kier molecular flexibility index (Phi) is 7.15. The highest BCUT2D eigenvalue weighted by atomic mass is 16.5. The Hall–Kier alpha value is -0.160. The lowest BCUT2D eigenvalue weighted by Crippen LogP contribution is -2.33. The summed E-state index contributed by atoms with van der Waals surface area (Å²) in [6.45, 7) is 12.3. The zero-order chi connectivity index (χ0) is 13.4. The van der Waals surface area contributed by atoms with E-state index in [0.29, 0.717) is 19.3 Å². The maximum atomic E-state index is 5.67. The molecule has 1 aliphatic heterocycles. The number of ether oxygens (including phenoxy) is 3. The summed E-state index contributed by atoms with van der Waals surface area (Å²) in [6, 6.07) is 0. The van der Waals surface area contributed by atoms with Crippen LogP contribution in [0.15, 0.2) is 0 Å². The van der Waals surface area contributed by atoms with Crippen molar-refractivity contribution in [2.75, 3.05) is 32.9 Å². The van der Waals surface area contributed by atoms with Gasteiger partial charge in [0.1, 0.15) is 0 Å². The number of nitrogens with one attached hydrogen (secondary N) is 1. The molecule has 4 nitrogen and oxygen atoms in total. The fourth-order valence-electron chi connectivity index (χ4n) is 1.91. The highest BCUT2D eigenvalue weighted by molar-refractivity contribution is 4.68. The second kappa shape index (κ2) is 8.10. The Labute approximate surface area is 111 Å². The molecule has 0 aliphatic carbocycles. The van der Waals surface area contributed by atoms with E-state index in [4.69, 9.17) is 14.2 Å². The van der Waals surface area contributed by atoms with Crippen LogP contribution < -0.4 is 5.32 Å². The van der Waals surface area contributed by atoms with E-state index in [2.05, 4.69) is 33.0 Å².